The second-order valence-corrected chi connectivity index (χ2v) is 9.45. The fourth-order valence-corrected chi connectivity index (χ4v) is 4.61. The molecule has 2 aliphatic carbocycles. The first kappa shape index (κ1) is 10.5. The molecule has 13 heavy (non-hydrogen) atoms. The minimum atomic E-state index is 0.319. The van der Waals surface area contributed by atoms with Gasteiger partial charge in [0.2, 0.25) is 0 Å². The molecule has 0 aromatic rings. The molecule has 0 bridgehead atoms. The Morgan fingerprint density at radius 1 is 1.08 bits per heavy atom. The normalized spacial score (nSPS) is 42.7. The van der Waals surface area contributed by atoms with Gasteiger partial charge in [0.1, 0.15) is 0 Å². The summed E-state index contributed by atoms with van der Waals surface area (Å²) in [5, 5.41) is 0. The van der Waals surface area contributed by atoms with Crippen molar-refractivity contribution in [2.24, 2.45) is 23.2 Å². The number of hydrogen-bond acceptors (Lipinski definition) is 0. The number of alkyl halides is 2. The van der Waals surface area contributed by atoms with E-state index in [1.54, 1.807) is 0 Å². The van der Waals surface area contributed by atoms with Crippen LogP contribution < -0.4 is 0 Å². The van der Waals surface area contributed by atoms with E-state index >= 15 is 0 Å². The lowest BCUT2D eigenvalue weighted by molar-refractivity contribution is 0.173. The van der Waals surface area contributed by atoms with Crippen molar-refractivity contribution in [3.63, 3.8) is 0 Å². The second-order valence-electron chi connectivity index (χ2n) is 5.76. The van der Waals surface area contributed by atoms with E-state index < -0.39 is 0 Å². The number of rotatable bonds is 0. The van der Waals surface area contributed by atoms with Crippen LogP contribution in [0.4, 0.5) is 0 Å². The Morgan fingerprint density at radius 2 is 1.69 bits per heavy atom. The van der Waals surface area contributed by atoms with Gasteiger partial charge in [0.25, 0.3) is 0 Å². The van der Waals surface area contributed by atoms with E-state index in [1.807, 2.05) is 0 Å². The molecular weight excluding hydrogens is 292 g/mol. The molecule has 0 N–H and O–H groups in total. The van der Waals surface area contributed by atoms with E-state index in [0.29, 0.717) is 8.65 Å². The fraction of sp³-hybridized carbons (Fsp3) is 1.00. The highest BCUT2D eigenvalue weighted by molar-refractivity contribution is 9.25. The predicted octanol–water partition coefficient (Wildman–Crippen LogP) is 4.56. The van der Waals surface area contributed by atoms with E-state index in [-0.39, 0.29) is 0 Å². The molecule has 2 rings (SSSR count). The van der Waals surface area contributed by atoms with Crippen LogP contribution in [0.1, 0.15) is 40.0 Å². The first-order valence-electron chi connectivity index (χ1n) is 5.21. The van der Waals surface area contributed by atoms with Crippen molar-refractivity contribution in [2.75, 3.05) is 0 Å². The quantitative estimate of drug-likeness (QED) is 0.575. The molecule has 0 saturated heterocycles. The van der Waals surface area contributed by atoms with E-state index in [9.17, 15) is 0 Å². The molecule has 0 spiro atoms. The van der Waals surface area contributed by atoms with Gasteiger partial charge in [-0.05, 0) is 42.4 Å². The van der Waals surface area contributed by atoms with E-state index in [0.717, 1.165) is 17.8 Å². The zero-order valence-corrected chi connectivity index (χ0v) is 11.8. The summed E-state index contributed by atoms with van der Waals surface area (Å²) in [5.74, 6) is 2.72. The third-order valence-corrected chi connectivity index (χ3v) is 6.31. The van der Waals surface area contributed by atoms with Gasteiger partial charge in [0.05, 0.1) is 3.23 Å². The molecule has 0 radical (unpaired) electrons. The molecule has 2 heteroatoms. The van der Waals surface area contributed by atoms with Gasteiger partial charge in [-0.25, -0.2) is 0 Å². The molecule has 0 unspecified atom stereocenters. The maximum absolute atomic E-state index is 3.79. The average molecular weight is 310 g/mol. The molecule has 76 valence electrons. The van der Waals surface area contributed by atoms with Crippen molar-refractivity contribution >= 4 is 31.9 Å². The summed E-state index contributed by atoms with van der Waals surface area (Å²) >= 11 is 7.58. The molecule has 0 aromatic carbocycles. The average Bonchev–Trinajstić information content (AvgIpc) is 2.53. The summed E-state index contributed by atoms with van der Waals surface area (Å²) in [6.07, 6.45) is 4.23. The number of hydrogen-bond donors (Lipinski definition) is 0. The van der Waals surface area contributed by atoms with Crippen LogP contribution in [0, 0.1) is 23.2 Å². The molecule has 2 saturated carbocycles. The molecule has 0 amide bonds. The largest absolute Gasteiger partial charge is 0.0868 e. The van der Waals surface area contributed by atoms with Crippen LogP contribution in [0.15, 0.2) is 0 Å². The van der Waals surface area contributed by atoms with Crippen LogP contribution in [0.3, 0.4) is 0 Å². The van der Waals surface area contributed by atoms with Crippen molar-refractivity contribution in [1.82, 2.24) is 0 Å². The van der Waals surface area contributed by atoms with Crippen molar-refractivity contribution in [3.05, 3.63) is 0 Å². The Kier molecular flexibility index (Phi) is 2.40. The van der Waals surface area contributed by atoms with Gasteiger partial charge in [-0.1, -0.05) is 52.6 Å². The summed E-state index contributed by atoms with van der Waals surface area (Å²) in [7, 11) is 0. The minimum absolute atomic E-state index is 0.319. The smallest absolute Gasteiger partial charge is 0.0721 e. The van der Waals surface area contributed by atoms with Gasteiger partial charge in [0, 0.05) is 0 Å². The van der Waals surface area contributed by atoms with Crippen molar-refractivity contribution in [1.29, 1.82) is 0 Å². The van der Waals surface area contributed by atoms with Crippen LogP contribution in [0.5, 0.6) is 0 Å². The molecule has 0 aliphatic heterocycles. The first-order valence-corrected chi connectivity index (χ1v) is 6.80. The topological polar surface area (TPSA) is 0 Å². The lowest BCUT2D eigenvalue weighted by atomic mass is 9.72. The highest BCUT2D eigenvalue weighted by Crippen LogP contribution is 2.69. The zero-order valence-electron chi connectivity index (χ0n) is 8.61. The molecule has 0 heterocycles. The van der Waals surface area contributed by atoms with Gasteiger partial charge in [0.15, 0.2) is 0 Å². The maximum atomic E-state index is 3.79. The van der Waals surface area contributed by atoms with E-state index in [1.165, 1.54) is 19.3 Å². The Labute approximate surface area is 98.1 Å². The molecule has 0 aromatic heterocycles. The van der Waals surface area contributed by atoms with Gasteiger partial charge < -0.3 is 0 Å². The molecule has 2 fully saturated rings. The summed E-state index contributed by atoms with van der Waals surface area (Å²) in [6, 6.07) is 0. The van der Waals surface area contributed by atoms with Crippen molar-refractivity contribution in [3.8, 4) is 0 Å². The summed E-state index contributed by atoms with van der Waals surface area (Å²) in [6.45, 7) is 7.14. The fourth-order valence-electron chi connectivity index (χ4n) is 2.77. The van der Waals surface area contributed by atoms with E-state index in [4.69, 9.17) is 0 Å². The predicted molar refractivity (Wildman–Crippen MR) is 64.4 cm³/mol. The van der Waals surface area contributed by atoms with Crippen molar-refractivity contribution < 1.29 is 0 Å². The standard InChI is InChI=1S/C11H18Br2/c1-10(2,3)7-4-5-8-9(6-7)11(8,12)13/h7-9H,4-6H2,1-3H3/t7-,8-,9+/m1/s1. The molecular formula is C11H18Br2. The molecule has 3 atom stereocenters. The van der Waals surface area contributed by atoms with Crippen LogP contribution in [-0.4, -0.2) is 3.23 Å². The SMILES string of the molecule is CC(C)(C)[C@@H]1CC[C@@H]2[C@H](C1)C2(Br)Br. The number of halogens is 2. The lowest BCUT2D eigenvalue weighted by Gasteiger charge is -2.33. The van der Waals surface area contributed by atoms with Crippen molar-refractivity contribution in [2.45, 2.75) is 43.3 Å². The lowest BCUT2D eigenvalue weighted by Crippen LogP contribution is -2.23. The second kappa shape index (κ2) is 2.98. The highest BCUT2D eigenvalue weighted by atomic mass is 79.9. The van der Waals surface area contributed by atoms with Gasteiger partial charge in [-0.2, -0.15) is 0 Å². The van der Waals surface area contributed by atoms with Gasteiger partial charge in [-0.15, -0.1) is 0 Å². The van der Waals surface area contributed by atoms with Crippen LogP contribution in [0.25, 0.3) is 0 Å². The Balaban J connectivity index is 2.01. The molecule has 0 nitrogen and oxygen atoms in total. The van der Waals surface area contributed by atoms with Crippen LogP contribution in [-0.2, 0) is 0 Å². The Bertz CT molecular complexity index is 215. The van der Waals surface area contributed by atoms with E-state index in [2.05, 4.69) is 52.6 Å². The minimum Gasteiger partial charge on any atom is -0.0721 e. The number of fused-ring (bicyclic) bond motifs is 1. The van der Waals surface area contributed by atoms with Gasteiger partial charge in [-0.3, -0.25) is 0 Å². The molecule has 2 aliphatic rings. The third kappa shape index (κ3) is 1.73. The monoisotopic (exact) mass is 308 g/mol. The summed E-state index contributed by atoms with van der Waals surface area (Å²) in [4.78, 5) is 0. The van der Waals surface area contributed by atoms with Crippen LogP contribution in [0.2, 0.25) is 0 Å². The third-order valence-electron chi connectivity index (χ3n) is 3.95. The zero-order chi connectivity index (χ0) is 9.85. The summed E-state index contributed by atoms with van der Waals surface area (Å²) < 4.78 is 0.319. The van der Waals surface area contributed by atoms with Gasteiger partial charge >= 0.3 is 0 Å². The Morgan fingerprint density at radius 3 is 2.15 bits per heavy atom. The maximum Gasteiger partial charge on any atom is 0.0868 e. The van der Waals surface area contributed by atoms with Crippen LogP contribution >= 0.6 is 31.9 Å². The highest BCUT2D eigenvalue weighted by Gasteiger charge is 2.63. The summed E-state index contributed by atoms with van der Waals surface area (Å²) in [5.41, 5.74) is 0.504. The first-order chi connectivity index (χ1) is 5.83. The Hall–Kier alpha value is 0.960.